The minimum absolute atomic E-state index is 0.540. The summed E-state index contributed by atoms with van der Waals surface area (Å²) in [6.07, 6.45) is -0.714. The summed E-state index contributed by atoms with van der Waals surface area (Å²) < 4.78 is 2.92. The first-order valence-corrected chi connectivity index (χ1v) is 7.84. The molecule has 4 nitrogen and oxygen atoms in total. The van der Waals surface area contributed by atoms with Crippen LogP contribution in [0.4, 0.5) is 5.69 Å². The third kappa shape index (κ3) is 2.61. The van der Waals surface area contributed by atoms with Crippen molar-refractivity contribution in [3.63, 3.8) is 0 Å². The molecule has 0 amide bonds. The molecule has 21 heavy (non-hydrogen) atoms. The van der Waals surface area contributed by atoms with Gasteiger partial charge in [-0.3, -0.25) is 4.57 Å². The number of nitrogens with two attached hydrogens (primary N) is 1. The van der Waals surface area contributed by atoms with Crippen LogP contribution in [0, 0.1) is 3.57 Å². The molecule has 0 radical (unpaired) electrons. The van der Waals surface area contributed by atoms with E-state index in [-0.39, 0.29) is 0 Å². The third-order valence-electron chi connectivity index (χ3n) is 3.23. The number of hydrogen-bond acceptors (Lipinski definition) is 3. The predicted molar refractivity (Wildman–Crippen MR) is 93.8 cm³/mol. The average molecular weight is 414 g/mol. The second-order valence-corrected chi connectivity index (χ2v) is 6.48. The van der Waals surface area contributed by atoms with Crippen LogP contribution in [0.25, 0.3) is 16.7 Å². The van der Waals surface area contributed by atoms with Gasteiger partial charge in [-0.2, -0.15) is 0 Å². The predicted octanol–water partition coefficient (Wildman–Crippen LogP) is 3.92. The Kier molecular flexibility index (Phi) is 3.81. The van der Waals surface area contributed by atoms with Gasteiger partial charge in [0, 0.05) is 9.26 Å². The van der Waals surface area contributed by atoms with Crippen molar-refractivity contribution in [1.29, 1.82) is 0 Å². The first kappa shape index (κ1) is 14.6. The molecule has 0 saturated heterocycles. The molecule has 1 atom stereocenters. The Hall–Kier alpha value is -1.31. The largest absolute Gasteiger partial charge is 0.399 e. The molecule has 0 bridgehead atoms. The van der Waals surface area contributed by atoms with Crippen molar-refractivity contribution in [1.82, 2.24) is 9.55 Å². The molecule has 1 heterocycles. The number of halogens is 2. The smallest absolute Gasteiger partial charge is 0.143 e. The number of imidazole rings is 1. The number of nitrogen functional groups attached to an aromatic ring is 1. The maximum atomic E-state index is 10.0. The van der Waals surface area contributed by atoms with Crippen LogP contribution in [-0.4, -0.2) is 14.7 Å². The van der Waals surface area contributed by atoms with Gasteiger partial charge in [-0.15, -0.1) is 0 Å². The quantitative estimate of drug-likeness (QED) is 0.494. The van der Waals surface area contributed by atoms with Crippen molar-refractivity contribution in [3.8, 4) is 5.69 Å². The van der Waals surface area contributed by atoms with Crippen LogP contribution >= 0.6 is 34.2 Å². The molecule has 3 rings (SSSR count). The SMILES string of the molecule is CC(O)c1nc2cc(N)ccc2n1-c1ccc(I)cc1Cl. The zero-order valence-corrected chi connectivity index (χ0v) is 14.1. The molecule has 0 aliphatic heterocycles. The van der Waals surface area contributed by atoms with E-state index in [0.717, 1.165) is 20.3 Å². The van der Waals surface area contributed by atoms with E-state index in [4.69, 9.17) is 17.3 Å². The van der Waals surface area contributed by atoms with Crippen molar-refractivity contribution in [2.75, 3.05) is 5.73 Å². The zero-order chi connectivity index (χ0) is 15.1. The maximum absolute atomic E-state index is 10.0. The fraction of sp³-hybridized carbons (Fsp3) is 0.133. The number of aromatic nitrogens is 2. The minimum atomic E-state index is -0.714. The lowest BCUT2D eigenvalue weighted by molar-refractivity contribution is 0.187. The van der Waals surface area contributed by atoms with E-state index in [1.165, 1.54) is 0 Å². The number of rotatable bonds is 2. The van der Waals surface area contributed by atoms with Gasteiger partial charge in [-0.25, -0.2) is 4.98 Å². The lowest BCUT2D eigenvalue weighted by atomic mass is 10.2. The van der Waals surface area contributed by atoms with Crippen LogP contribution in [0.3, 0.4) is 0 Å². The van der Waals surface area contributed by atoms with Crippen LogP contribution in [-0.2, 0) is 0 Å². The summed E-state index contributed by atoms with van der Waals surface area (Å²) in [6, 6.07) is 11.3. The molecule has 1 unspecified atom stereocenters. The number of hydrogen-bond donors (Lipinski definition) is 2. The van der Waals surface area contributed by atoms with Crippen LogP contribution in [0.1, 0.15) is 18.9 Å². The van der Waals surface area contributed by atoms with Gasteiger partial charge in [0.25, 0.3) is 0 Å². The van der Waals surface area contributed by atoms with Crippen molar-refractivity contribution >= 4 is 50.9 Å². The van der Waals surface area contributed by atoms with Gasteiger partial charge < -0.3 is 10.8 Å². The monoisotopic (exact) mass is 413 g/mol. The van der Waals surface area contributed by atoms with Crippen LogP contribution in [0.2, 0.25) is 5.02 Å². The maximum Gasteiger partial charge on any atom is 0.143 e. The van der Waals surface area contributed by atoms with Gasteiger partial charge in [-0.1, -0.05) is 11.6 Å². The Morgan fingerprint density at radius 1 is 1.29 bits per heavy atom. The minimum Gasteiger partial charge on any atom is -0.399 e. The molecular weight excluding hydrogens is 401 g/mol. The molecule has 108 valence electrons. The van der Waals surface area contributed by atoms with Gasteiger partial charge >= 0.3 is 0 Å². The molecule has 3 aromatic rings. The fourth-order valence-corrected chi connectivity index (χ4v) is 3.25. The Morgan fingerprint density at radius 3 is 2.71 bits per heavy atom. The highest BCUT2D eigenvalue weighted by molar-refractivity contribution is 14.1. The highest BCUT2D eigenvalue weighted by Gasteiger charge is 2.18. The highest BCUT2D eigenvalue weighted by atomic mass is 127. The average Bonchev–Trinajstić information content (AvgIpc) is 2.77. The number of nitrogens with zero attached hydrogens (tertiary/aromatic N) is 2. The molecule has 6 heteroatoms. The van der Waals surface area contributed by atoms with Crippen molar-refractivity contribution < 1.29 is 5.11 Å². The summed E-state index contributed by atoms with van der Waals surface area (Å²) in [5, 5.41) is 10.6. The zero-order valence-electron chi connectivity index (χ0n) is 11.2. The van der Waals surface area contributed by atoms with E-state index in [1.54, 1.807) is 13.0 Å². The van der Waals surface area contributed by atoms with Gasteiger partial charge in [0.2, 0.25) is 0 Å². The Balaban J connectivity index is 2.36. The second kappa shape index (κ2) is 5.47. The summed E-state index contributed by atoms with van der Waals surface area (Å²) in [5.41, 5.74) is 8.84. The van der Waals surface area contributed by atoms with E-state index in [1.807, 2.05) is 34.9 Å². The molecule has 0 spiro atoms. The standard InChI is InChI=1S/C15H13ClIN3O/c1-8(21)15-19-12-7-10(18)3-5-14(12)20(15)13-4-2-9(17)6-11(13)16/h2-8,21H,18H2,1H3. The number of benzene rings is 2. The molecule has 0 aliphatic rings. The summed E-state index contributed by atoms with van der Waals surface area (Å²) in [4.78, 5) is 4.49. The molecule has 0 saturated carbocycles. The topological polar surface area (TPSA) is 64.1 Å². The first-order valence-electron chi connectivity index (χ1n) is 6.38. The first-order chi connectivity index (χ1) is 9.97. The molecule has 1 aromatic heterocycles. The van der Waals surface area contributed by atoms with Crippen LogP contribution in [0.5, 0.6) is 0 Å². The third-order valence-corrected chi connectivity index (χ3v) is 4.20. The number of fused-ring (bicyclic) bond motifs is 1. The van der Waals surface area contributed by atoms with Gasteiger partial charge in [-0.05, 0) is 65.9 Å². The summed E-state index contributed by atoms with van der Waals surface area (Å²) in [7, 11) is 0. The lowest BCUT2D eigenvalue weighted by Gasteiger charge is -2.13. The van der Waals surface area contributed by atoms with Gasteiger partial charge in [0.05, 0.1) is 21.7 Å². The summed E-state index contributed by atoms with van der Waals surface area (Å²) in [5.74, 6) is 0.540. The molecule has 0 aliphatic carbocycles. The van der Waals surface area contributed by atoms with Crippen molar-refractivity contribution in [2.24, 2.45) is 0 Å². The van der Waals surface area contributed by atoms with E-state index in [2.05, 4.69) is 27.6 Å². The molecule has 0 fully saturated rings. The van der Waals surface area contributed by atoms with Crippen molar-refractivity contribution in [2.45, 2.75) is 13.0 Å². The molecule has 3 N–H and O–H groups in total. The van der Waals surface area contributed by atoms with Crippen LogP contribution < -0.4 is 5.73 Å². The normalized spacial score (nSPS) is 12.8. The molecular formula is C15H13ClIN3O. The van der Waals surface area contributed by atoms with E-state index in [0.29, 0.717) is 16.5 Å². The Labute approximate surface area is 140 Å². The molecule has 2 aromatic carbocycles. The van der Waals surface area contributed by atoms with E-state index < -0.39 is 6.10 Å². The lowest BCUT2D eigenvalue weighted by Crippen LogP contribution is -2.05. The van der Waals surface area contributed by atoms with Gasteiger partial charge in [0.15, 0.2) is 0 Å². The fourth-order valence-electron chi connectivity index (χ4n) is 2.31. The summed E-state index contributed by atoms with van der Waals surface area (Å²) >= 11 is 8.58. The van der Waals surface area contributed by atoms with Gasteiger partial charge in [0.1, 0.15) is 11.9 Å². The Bertz CT molecular complexity index is 829. The second-order valence-electron chi connectivity index (χ2n) is 4.83. The highest BCUT2D eigenvalue weighted by Crippen LogP contribution is 2.31. The van der Waals surface area contributed by atoms with Crippen LogP contribution in [0.15, 0.2) is 36.4 Å². The Morgan fingerprint density at radius 2 is 2.05 bits per heavy atom. The van der Waals surface area contributed by atoms with E-state index >= 15 is 0 Å². The number of anilines is 1. The summed E-state index contributed by atoms with van der Waals surface area (Å²) in [6.45, 7) is 1.68. The van der Waals surface area contributed by atoms with Crippen molar-refractivity contribution in [3.05, 3.63) is 50.8 Å². The van der Waals surface area contributed by atoms with E-state index in [9.17, 15) is 5.11 Å². The number of aliphatic hydroxyl groups excluding tert-OH is 1. The number of aliphatic hydroxyl groups is 1.